The summed E-state index contributed by atoms with van der Waals surface area (Å²) in [5.41, 5.74) is 12.5. The van der Waals surface area contributed by atoms with Gasteiger partial charge < -0.3 is 43.7 Å². The fraction of sp³-hybridized carbons (Fsp3) is 0.556. The number of benzene rings is 3. The highest BCUT2D eigenvalue weighted by Crippen LogP contribution is 2.38. The number of ether oxygens (including phenoxy) is 6. The Hall–Kier alpha value is -6.20. The maximum Gasteiger partial charge on any atom is 0.348 e. The second-order valence-electron chi connectivity index (χ2n) is 17.9. The lowest BCUT2D eigenvalue weighted by Gasteiger charge is -2.18. The van der Waals surface area contributed by atoms with Crippen LogP contribution in [0.1, 0.15) is 157 Å². The number of aromatic nitrogens is 3. The Morgan fingerprint density at radius 1 is 0.465 bits per heavy atom. The van der Waals surface area contributed by atoms with Gasteiger partial charge >= 0.3 is 17.9 Å². The van der Waals surface area contributed by atoms with Crippen LogP contribution in [0.2, 0.25) is 0 Å². The second kappa shape index (κ2) is 30.5. The quantitative estimate of drug-likeness (QED) is 0.0129. The zero-order valence-corrected chi connectivity index (χ0v) is 42.5. The fourth-order valence-electron chi connectivity index (χ4n) is 7.49. The van der Waals surface area contributed by atoms with Crippen molar-refractivity contribution >= 4 is 17.9 Å². The molecule has 0 saturated heterocycles. The summed E-state index contributed by atoms with van der Waals surface area (Å²) in [5.74, 6) is -2.55. The number of nitrogens with two attached hydrogens (primary N) is 2. The second-order valence-corrected chi connectivity index (χ2v) is 17.9. The molecule has 71 heavy (non-hydrogen) atoms. The van der Waals surface area contributed by atoms with Crippen LogP contribution in [0, 0.1) is 0 Å². The maximum atomic E-state index is 12.8. The summed E-state index contributed by atoms with van der Waals surface area (Å²) in [6.45, 7) is 11.3. The number of carbonyl (C=O) groups excluding carboxylic acids is 3. The van der Waals surface area contributed by atoms with Gasteiger partial charge in [0.2, 0.25) is 0 Å². The first kappa shape index (κ1) is 57.4. The van der Waals surface area contributed by atoms with E-state index in [9.17, 15) is 29.7 Å². The molecule has 1 aromatic heterocycles. The van der Waals surface area contributed by atoms with Crippen LogP contribution in [-0.2, 0) is 28.6 Å². The first-order valence-corrected chi connectivity index (χ1v) is 25.5. The van der Waals surface area contributed by atoms with Gasteiger partial charge in [-0.1, -0.05) is 104 Å². The minimum absolute atomic E-state index is 0.0592. The first-order valence-electron chi connectivity index (χ1n) is 25.5. The van der Waals surface area contributed by atoms with E-state index < -0.39 is 48.7 Å². The summed E-state index contributed by atoms with van der Waals surface area (Å²) >= 11 is 0. The smallest absolute Gasteiger partial charge is 0.348 e. The van der Waals surface area contributed by atoms with Crippen LogP contribution in [0.15, 0.2) is 54.6 Å². The molecule has 4 rings (SSSR count). The van der Waals surface area contributed by atoms with Crippen LogP contribution in [0.25, 0.3) is 34.2 Å². The molecule has 0 amide bonds. The first-order chi connectivity index (χ1) is 34.1. The van der Waals surface area contributed by atoms with Gasteiger partial charge in [-0.2, -0.15) is 0 Å². The Morgan fingerprint density at radius 3 is 1.11 bits per heavy atom. The van der Waals surface area contributed by atoms with Crippen LogP contribution in [0.4, 0.5) is 0 Å². The van der Waals surface area contributed by atoms with Gasteiger partial charge in [-0.25, -0.2) is 29.3 Å². The highest BCUT2D eigenvalue weighted by Gasteiger charge is 2.25. The zero-order chi connectivity index (χ0) is 51.7. The lowest BCUT2D eigenvalue weighted by atomic mass is 10.1. The average molecular weight is 988 g/mol. The average Bonchev–Trinajstić information content (AvgIpc) is 3.33. The minimum Gasteiger partial charge on any atom is -0.507 e. The lowest BCUT2D eigenvalue weighted by Crippen LogP contribution is -2.34. The summed E-state index contributed by atoms with van der Waals surface area (Å²) < 4.78 is 33.7. The molecular weight excluding hydrogens is 911 g/mol. The SMILES string of the molecule is CCCCCCCCOC(=O)C(C)Oc1ccc(-c2nc(-c3ccc(OC(C)C(=O)OC(N)CCCCCCC)cc3O)nc(-c3ccc(OC(C)C(=O)OC(N)CCCCCCC)cc3O)n2)c(O)c1. The summed E-state index contributed by atoms with van der Waals surface area (Å²) in [5, 5.41) is 34.1. The number of esters is 3. The van der Waals surface area contributed by atoms with Gasteiger partial charge in [-0.15, -0.1) is 0 Å². The molecule has 0 radical (unpaired) electrons. The topological polar surface area (TPSA) is 258 Å². The van der Waals surface area contributed by atoms with Crippen molar-refractivity contribution in [1.82, 2.24) is 15.0 Å². The molecule has 0 fully saturated rings. The molecule has 390 valence electrons. The molecule has 4 aromatic rings. The van der Waals surface area contributed by atoms with E-state index in [1.54, 1.807) is 6.92 Å². The van der Waals surface area contributed by atoms with E-state index in [2.05, 4.69) is 35.7 Å². The normalized spacial score (nSPS) is 13.4. The molecule has 5 atom stereocenters. The number of unbranched alkanes of at least 4 members (excludes halogenated alkanes) is 13. The molecule has 17 heteroatoms. The van der Waals surface area contributed by atoms with E-state index in [1.807, 2.05) is 0 Å². The molecule has 1 heterocycles. The van der Waals surface area contributed by atoms with Crippen molar-refractivity contribution in [1.29, 1.82) is 0 Å². The highest BCUT2D eigenvalue weighted by molar-refractivity contribution is 5.77. The molecule has 5 unspecified atom stereocenters. The van der Waals surface area contributed by atoms with Crippen molar-refractivity contribution in [3.63, 3.8) is 0 Å². The third-order valence-corrected chi connectivity index (χ3v) is 11.7. The standard InChI is InChI=1S/C54H77N5O12/c1-7-10-13-16-19-22-31-66-52(63)35(4)67-38-25-28-41(44(60)32-38)49-57-50(42-29-26-39(33-45(42)61)68-36(5)53(64)70-47(55)23-20-17-14-11-8-2)59-51(58-49)43-30-27-40(34-46(43)62)69-37(6)54(65)71-48(56)24-21-18-15-12-9-3/h25-30,32-37,47-48,60-62H,7-24,31,55-56H2,1-6H3. The highest BCUT2D eigenvalue weighted by atomic mass is 16.6. The van der Waals surface area contributed by atoms with Crippen molar-refractivity contribution in [2.24, 2.45) is 11.5 Å². The maximum absolute atomic E-state index is 12.8. The van der Waals surface area contributed by atoms with Crippen molar-refractivity contribution in [3.8, 4) is 68.7 Å². The number of hydrogen-bond acceptors (Lipinski definition) is 17. The number of nitrogens with zero attached hydrogens (tertiary/aromatic N) is 3. The largest absolute Gasteiger partial charge is 0.507 e. The number of hydrogen-bond donors (Lipinski definition) is 5. The molecule has 0 aliphatic carbocycles. The van der Waals surface area contributed by atoms with Crippen LogP contribution in [0.5, 0.6) is 34.5 Å². The van der Waals surface area contributed by atoms with Gasteiger partial charge in [0.05, 0.1) is 23.3 Å². The summed E-state index contributed by atoms with van der Waals surface area (Å²) in [6, 6.07) is 12.9. The zero-order valence-electron chi connectivity index (χ0n) is 42.5. The van der Waals surface area contributed by atoms with Crippen molar-refractivity contribution in [3.05, 3.63) is 54.6 Å². The van der Waals surface area contributed by atoms with E-state index in [1.165, 1.54) is 74.9 Å². The molecule has 0 bridgehead atoms. The molecule has 17 nitrogen and oxygen atoms in total. The molecule has 3 aromatic carbocycles. The predicted molar refractivity (Wildman–Crippen MR) is 271 cm³/mol. The third kappa shape index (κ3) is 19.5. The van der Waals surface area contributed by atoms with Crippen molar-refractivity contribution < 1.29 is 58.1 Å². The van der Waals surface area contributed by atoms with Crippen LogP contribution >= 0.6 is 0 Å². The Morgan fingerprint density at radius 2 is 0.775 bits per heavy atom. The number of phenolic OH excluding ortho intramolecular Hbond substituents is 3. The Balaban J connectivity index is 1.57. The van der Waals surface area contributed by atoms with Crippen LogP contribution in [0.3, 0.4) is 0 Å². The van der Waals surface area contributed by atoms with Gasteiger partial charge in [0.1, 0.15) is 34.5 Å². The Labute approximate surface area is 419 Å². The van der Waals surface area contributed by atoms with E-state index >= 15 is 0 Å². The Bertz CT molecular complexity index is 2170. The molecule has 0 aliphatic rings. The molecule has 0 aliphatic heterocycles. The Kier molecular flexibility index (Phi) is 24.7. The summed E-state index contributed by atoms with van der Waals surface area (Å²) in [4.78, 5) is 52.2. The third-order valence-electron chi connectivity index (χ3n) is 11.7. The number of carbonyl (C=O) groups is 3. The number of phenols is 3. The molecule has 7 N–H and O–H groups in total. The van der Waals surface area contributed by atoms with E-state index in [0.717, 1.165) is 96.3 Å². The summed E-state index contributed by atoms with van der Waals surface area (Å²) in [7, 11) is 0. The minimum atomic E-state index is -1.05. The van der Waals surface area contributed by atoms with Gasteiger partial charge in [-0.05, 0) is 89.3 Å². The molecule has 0 saturated carbocycles. The van der Waals surface area contributed by atoms with Gasteiger partial charge in [0, 0.05) is 18.2 Å². The molecule has 0 spiro atoms. The van der Waals surface area contributed by atoms with Gasteiger partial charge in [0.15, 0.2) is 48.2 Å². The monoisotopic (exact) mass is 988 g/mol. The lowest BCUT2D eigenvalue weighted by molar-refractivity contribution is -0.157. The number of rotatable bonds is 33. The summed E-state index contributed by atoms with van der Waals surface area (Å²) in [6.07, 6.45) is 13.1. The van der Waals surface area contributed by atoms with E-state index in [4.69, 9.17) is 39.9 Å². The number of aromatic hydroxyl groups is 3. The molecular formula is C54H77N5O12. The van der Waals surface area contributed by atoms with E-state index in [0.29, 0.717) is 12.8 Å². The van der Waals surface area contributed by atoms with Crippen LogP contribution < -0.4 is 25.7 Å². The van der Waals surface area contributed by atoms with Crippen molar-refractivity contribution in [2.45, 2.75) is 188 Å². The van der Waals surface area contributed by atoms with E-state index in [-0.39, 0.29) is 75.3 Å². The fourth-order valence-corrected chi connectivity index (χ4v) is 7.49. The van der Waals surface area contributed by atoms with Crippen LogP contribution in [-0.4, -0.2) is 85.6 Å². The van der Waals surface area contributed by atoms with Gasteiger partial charge in [-0.3, -0.25) is 11.5 Å². The van der Waals surface area contributed by atoms with Gasteiger partial charge in [0.25, 0.3) is 0 Å². The van der Waals surface area contributed by atoms with Crippen molar-refractivity contribution in [2.75, 3.05) is 6.61 Å². The predicted octanol–water partition coefficient (Wildman–Crippen LogP) is 10.6.